The molecule has 2 N–H and O–H groups in total. The molecule has 1 fully saturated rings. The smallest absolute Gasteiger partial charge is 0.305 e. The third kappa shape index (κ3) is 8.26. The van der Waals surface area contributed by atoms with Crippen LogP contribution in [0.25, 0.3) is 11.1 Å². The standard InChI is InChI=1S/C36H44F3N3O4/c1-20(2)11-31(42-18-25(21(3)15-32(42)43)7-9-41-10-8-27(37)19-41)36(46)40-30(17-33(44)45)29-16-26(12-24(6)35(29)39)34-22(4)13-28(38)14-23(34)5/h12-16,18,20,27,30-31H,7-11,17,19H2,1-6H3,(H,40,46)(H,44,45). The first-order valence-electron chi connectivity index (χ1n) is 15.8. The Hall–Kier alpha value is -3.92. The highest BCUT2D eigenvalue weighted by atomic mass is 19.1. The van der Waals surface area contributed by atoms with Gasteiger partial charge in [0.05, 0.1) is 12.5 Å². The van der Waals surface area contributed by atoms with Gasteiger partial charge in [0, 0.05) is 37.5 Å². The molecule has 0 saturated carbocycles. The van der Waals surface area contributed by atoms with E-state index in [1.807, 2.05) is 25.7 Å². The van der Waals surface area contributed by atoms with Crippen molar-refractivity contribution in [3.05, 3.63) is 91.9 Å². The number of aromatic nitrogens is 1. The van der Waals surface area contributed by atoms with Crippen LogP contribution in [0, 0.1) is 45.2 Å². The van der Waals surface area contributed by atoms with E-state index in [9.17, 15) is 28.3 Å². The van der Waals surface area contributed by atoms with Gasteiger partial charge >= 0.3 is 5.97 Å². The summed E-state index contributed by atoms with van der Waals surface area (Å²) in [7, 11) is 0. The maximum absolute atomic E-state index is 15.8. The number of nitrogens with zero attached hydrogens (tertiary/aromatic N) is 2. The summed E-state index contributed by atoms with van der Waals surface area (Å²) < 4.78 is 44.9. The number of amides is 1. The summed E-state index contributed by atoms with van der Waals surface area (Å²) in [5.41, 5.74) is 4.01. The second kappa shape index (κ2) is 14.7. The molecule has 1 saturated heterocycles. The second-order valence-corrected chi connectivity index (χ2v) is 13.1. The summed E-state index contributed by atoms with van der Waals surface area (Å²) in [5.74, 6) is -2.91. The Bertz CT molecular complexity index is 1650. The van der Waals surface area contributed by atoms with E-state index in [1.165, 1.54) is 28.8 Å². The summed E-state index contributed by atoms with van der Waals surface area (Å²) >= 11 is 0. The highest BCUT2D eigenvalue weighted by Gasteiger charge is 2.30. The largest absolute Gasteiger partial charge is 0.481 e. The predicted molar refractivity (Wildman–Crippen MR) is 173 cm³/mol. The Morgan fingerprint density at radius 3 is 2.26 bits per heavy atom. The number of hydrogen-bond acceptors (Lipinski definition) is 4. The van der Waals surface area contributed by atoms with E-state index in [-0.39, 0.29) is 29.0 Å². The molecule has 248 valence electrons. The van der Waals surface area contributed by atoms with Crippen LogP contribution in [0.2, 0.25) is 0 Å². The number of likely N-dealkylation sites (tertiary alicyclic amines) is 1. The van der Waals surface area contributed by atoms with E-state index >= 15 is 4.39 Å². The van der Waals surface area contributed by atoms with Crippen LogP contribution < -0.4 is 10.9 Å². The van der Waals surface area contributed by atoms with E-state index in [0.717, 1.165) is 11.1 Å². The highest BCUT2D eigenvalue weighted by Crippen LogP contribution is 2.34. The van der Waals surface area contributed by atoms with Gasteiger partial charge in [-0.15, -0.1) is 0 Å². The molecule has 1 aliphatic heterocycles. The van der Waals surface area contributed by atoms with Gasteiger partial charge in [-0.25, -0.2) is 13.2 Å². The number of aliphatic carboxylic acids is 1. The zero-order chi connectivity index (χ0) is 33.9. The van der Waals surface area contributed by atoms with Gasteiger partial charge < -0.3 is 19.9 Å². The number of carbonyl (C=O) groups excluding carboxylic acids is 1. The van der Waals surface area contributed by atoms with Crippen LogP contribution in [0.3, 0.4) is 0 Å². The van der Waals surface area contributed by atoms with Crippen molar-refractivity contribution < 1.29 is 27.9 Å². The number of nitrogens with one attached hydrogen (secondary N) is 1. The van der Waals surface area contributed by atoms with Crippen LogP contribution in [0.15, 0.2) is 41.3 Å². The zero-order valence-electron chi connectivity index (χ0n) is 27.4. The Kier molecular flexibility index (Phi) is 11.1. The number of carbonyl (C=O) groups is 2. The van der Waals surface area contributed by atoms with Crippen molar-refractivity contribution in [3.8, 4) is 11.1 Å². The summed E-state index contributed by atoms with van der Waals surface area (Å²) in [6.07, 6.45) is 1.57. The molecule has 1 aliphatic rings. The number of rotatable bonds is 12. The summed E-state index contributed by atoms with van der Waals surface area (Å²) in [6, 6.07) is 5.14. The molecule has 3 atom stereocenters. The fourth-order valence-electron chi connectivity index (χ4n) is 6.49. The molecule has 0 radical (unpaired) electrons. The number of alkyl halides is 1. The maximum atomic E-state index is 15.8. The van der Waals surface area contributed by atoms with Gasteiger partial charge in [-0.05, 0) is 116 Å². The fraction of sp³-hybridized carbons (Fsp3) is 0.472. The number of carboxylic acid groups (broad SMARTS) is 1. The zero-order valence-corrected chi connectivity index (χ0v) is 27.4. The Labute approximate surface area is 268 Å². The van der Waals surface area contributed by atoms with Crippen molar-refractivity contribution >= 4 is 11.9 Å². The SMILES string of the molecule is Cc1cc(=O)n(C(CC(C)C)C(=O)NC(CC(=O)O)c2cc(-c3c(C)cc(F)cc3C)cc(C)c2F)cc1CCN1CCC(F)C1. The number of aryl methyl sites for hydroxylation is 4. The van der Waals surface area contributed by atoms with Crippen molar-refractivity contribution in [1.29, 1.82) is 0 Å². The lowest BCUT2D eigenvalue weighted by molar-refractivity contribution is -0.138. The van der Waals surface area contributed by atoms with Crippen molar-refractivity contribution in [2.24, 2.45) is 5.92 Å². The topological polar surface area (TPSA) is 91.6 Å². The molecule has 0 spiro atoms. The van der Waals surface area contributed by atoms with Gasteiger partial charge in [0.2, 0.25) is 5.91 Å². The molecule has 4 rings (SSSR count). The Morgan fingerprint density at radius 1 is 1.00 bits per heavy atom. The van der Waals surface area contributed by atoms with Crippen LogP contribution in [-0.4, -0.2) is 52.3 Å². The number of pyridine rings is 1. The molecule has 2 heterocycles. The summed E-state index contributed by atoms with van der Waals surface area (Å²) in [5, 5.41) is 12.6. The van der Waals surface area contributed by atoms with Gasteiger partial charge in [0.1, 0.15) is 23.8 Å². The maximum Gasteiger partial charge on any atom is 0.305 e. The van der Waals surface area contributed by atoms with Crippen molar-refractivity contribution in [3.63, 3.8) is 0 Å². The van der Waals surface area contributed by atoms with Crippen molar-refractivity contribution in [2.75, 3.05) is 19.6 Å². The lowest BCUT2D eigenvalue weighted by Crippen LogP contribution is -2.40. The molecule has 3 aromatic rings. The monoisotopic (exact) mass is 639 g/mol. The van der Waals surface area contributed by atoms with Crippen LogP contribution in [-0.2, 0) is 16.0 Å². The van der Waals surface area contributed by atoms with Gasteiger partial charge in [-0.3, -0.25) is 14.4 Å². The molecule has 3 unspecified atom stereocenters. The summed E-state index contributed by atoms with van der Waals surface area (Å²) in [4.78, 5) is 41.4. The average Bonchev–Trinajstić information content (AvgIpc) is 3.36. The molecule has 1 aromatic heterocycles. The van der Waals surface area contributed by atoms with E-state index in [4.69, 9.17) is 0 Å². The normalized spacial score (nSPS) is 16.5. The minimum atomic E-state index is -1.25. The first-order chi connectivity index (χ1) is 21.6. The molecule has 1 amide bonds. The summed E-state index contributed by atoms with van der Waals surface area (Å²) in [6.45, 7) is 12.3. The average molecular weight is 640 g/mol. The fourth-order valence-corrected chi connectivity index (χ4v) is 6.49. The van der Waals surface area contributed by atoms with E-state index in [2.05, 4.69) is 5.32 Å². The van der Waals surface area contributed by atoms with Gasteiger partial charge in [-0.2, -0.15) is 0 Å². The first kappa shape index (κ1) is 34.9. The van der Waals surface area contributed by atoms with Crippen LogP contribution in [0.4, 0.5) is 13.2 Å². The highest BCUT2D eigenvalue weighted by molar-refractivity contribution is 5.82. The molecular formula is C36H44F3N3O4. The molecule has 7 nitrogen and oxygen atoms in total. The second-order valence-electron chi connectivity index (χ2n) is 13.1. The van der Waals surface area contributed by atoms with Crippen LogP contribution in [0.5, 0.6) is 0 Å². The van der Waals surface area contributed by atoms with E-state index < -0.39 is 48.2 Å². The van der Waals surface area contributed by atoms with E-state index in [1.54, 1.807) is 33.0 Å². The van der Waals surface area contributed by atoms with Gasteiger partial charge in [-0.1, -0.05) is 13.8 Å². The number of halogens is 3. The van der Waals surface area contributed by atoms with Gasteiger partial charge in [0.15, 0.2) is 0 Å². The Morgan fingerprint density at radius 2 is 1.67 bits per heavy atom. The third-order valence-electron chi connectivity index (χ3n) is 8.78. The molecule has 0 bridgehead atoms. The lowest BCUT2D eigenvalue weighted by atomic mass is 9.90. The van der Waals surface area contributed by atoms with Crippen molar-refractivity contribution in [2.45, 2.75) is 85.5 Å². The minimum Gasteiger partial charge on any atom is -0.481 e. The minimum absolute atomic E-state index is 0.00843. The van der Waals surface area contributed by atoms with Crippen LogP contribution in [0.1, 0.15) is 78.6 Å². The third-order valence-corrected chi connectivity index (χ3v) is 8.78. The van der Waals surface area contributed by atoms with Gasteiger partial charge in [0.25, 0.3) is 5.56 Å². The van der Waals surface area contributed by atoms with E-state index in [0.29, 0.717) is 54.7 Å². The van der Waals surface area contributed by atoms with Crippen LogP contribution >= 0.6 is 0 Å². The molecular weight excluding hydrogens is 595 g/mol. The quantitative estimate of drug-likeness (QED) is 0.235. The number of hydrogen-bond donors (Lipinski definition) is 2. The molecule has 0 aliphatic carbocycles. The Balaban J connectivity index is 1.71. The molecule has 2 aromatic carbocycles. The first-order valence-corrected chi connectivity index (χ1v) is 15.8. The number of benzene rings is 2. The molecule has 46 heavy (non-hydrogen) atoms. The number of carboxylic acids is 1. The molecule has 10 heteroatoms. The predicted octanol–water partition coefficient (Wildman–Crippen LogP) is 6.53. The van der Waals surface area contributed by atoms with Crippen molar-refractivity contribution in [1.82, 2.24) is 14.8 Å². The lowest BCUT2D eigenvalue weighted by Gasteiger charge is -2.26.